The van der Waals surface area contributed by atoms with Gasteiger partial charge in [-0.15, -0.1) is 0 Å². The minimum atomic E-state index is -1.12. The molecule has 0 aliphatic rings. The molecule has 0 spiro atoms. The van der Waals surface area contributed by atoms with Gasteiger partial charge in [0.25, 0.3) is 0 Å². The largest absolute Gasteiger partial charge is 0.478 e. The zero-order chi connectivity index (χ0) is 11.6. The molecule has 1 rings (SSSR count). The van der Waals surface area contributed by atoms with Gasteiger partial charge in [0.15, 0.2) is 5.76 Å². The van der Waals surface area contributed by atoms with Crippen molar-refractivity contribution in [2.45, 2.75) is 27.2 Å². The average Bonchev–Trinajstić information content (AvgIpc) is 2.60. The number of hydrogen-bond donors (Lipinski definition) is 1. The summed E-state index contributed by atoms with van der Waals surface area (Å²) in [6.07, 6.45) is 0.575. The monoisotopic (exact) mass is 210 g/mol. The standard InChI is InChI=1S/C11H14O4/c1-4-7-5-8(11(13)14)10(15-7)9(12)6(2)3/h5-6H,4H2,1-3H3,(H,13,14). The third-order valence-corrected chi connectivity index (χ3v) is 2.11. The van der Waals surface area contributed by atoms with Crippen LogP contribution in [0.25, 0.3) is 0 Å². The first-order valence-electron chi connectivity index (χ1n) is 4.87. The Labute approximate surface area is 87.9 Å². The number of ketones is 1. The van der Waals surface area contributed by atoms with Gasteiger partial charge < -0.3 is 9.52 Å². The minimum absolute atomic E-state index is 0.0330. The van der Waals surface area contributed by atoms with Gasteiger partial charge in [-0.3, -0.25) is 4.79 Å². The second-order valence-electron chi connectivity index (χ2n) is 3.63. The molecule has 1 aromatic rings. The van der Waals surface area contributed by atoms with E-state index in [1.807, 2.05) is 6.92 Å². The third kappa shape index (κ3) is 2.26. The van der Waals surface area contributed by atoms with Crippen LogP contribution < -0.4 is 0 Å². The molecule has 0 unspecified atom stereocenters. The van der Waals surface area contributed by atoms with E-state index < -0.39 is 5.97 Å². The van der Waals surface area contributed by atoms with E-state index in [1.165, 1.54) is 6.07 Å². The predicted molar refractivity (Wildman–Crippen MR) is 54.2 cm³/mol. The fraction of sp³-hybridized carbons (Fsp3) is 0.455. The van der Waals surface area contributed by atoms with Crippen molar-refractivity contribution in [3.05, 3.63) is 23.2 Å². The number of carboxylic acids is 1. The third-order valence-electron chi connectivity index (χ3n) is 2.11. The number of furan rings is 1. The van der Waals surface area contributed by atoms with Crippen molar-refractivity contribution >= 4 is 11.8 Å². The van der Waals surface area contributed by atoms with Crippen molar-refractivity contribution in [1.82, 2.24) is 0 Å². The lowest BCUT2D eigenvalue weighted by Crippen LogP contribution is -2.11. The molecule has 4 heteroatoms. The van der Waals surface area contributed by atoms with Crippen LogP contribution in [-0.2, 0) is 6.42 Å². The SMILES string of the molecule is CCc1cc(C(=O)O)c(C(=O)C(C)C)o1. The van der Waals surface area contributed by atoms with Crippen molar-refractivity contribution in [3.63, 3.8) is 0 Å². The number of aryl methyl sites for hydroxylation is 1. The zero-order valence-corrected chi connectivity index (χ0v) is 9.03. The van der Waals surface area contributed by atoms with Gasteiger partial charge in [-0.2, -0.15) is 0 Å². The Bertz CT molecular complexity index is 387. The molecule has 0 aliphatic carbocycles. The van der Waals surface area contributed by atoms with E-state index in [4.69, 9.17) is 9.52 Å². The molecule has 15 heavy (non-hydrogen) atoms. The maximum absolute atomic E-state index is 11.6. The van der Waals surface area contributed by atoms with E-state index in [9.17, 15) is 9.59 Å². The highest BCUT2D eigenvalue weighted by Gasteiger charge is 2.24. The van der Waals surface area contributed by atoms with E-state index in [-0.39, 0.29) is 23.0 Å². The minimum Gasteiger partial charge on any atom is -0.478 e. The van der Waals surface area contributed by atoms with Crippen molar-refractivity contribution in [3.8, 4) is 0 Å². The Morgan fingerprint density at radius 1 is 1.47 bits per heavy atom. The van der Waals surface area contributed by atoms with Gasteiger partial charge in [-0.1, -0.05) is 20.8 Å². The number of hydrogen-bond acceptors (Lipinski definition) is 3. The van der Waals surface area contributed by atoms with E-state index in [1.54, 1.807) is 13.8 Å². The molecule has 0 saturated carbocycles. The quantitative estimate of drug-likeness (QED) is 0.774. The Morgan fingerprint density at radius 2 is 2.07 bits per heavy atom. The second-order valence-corrected chi connectivity index (χ2v) is 3.63. The molecule has 0 amide bonds. The molecule has 0 aliphatic heterocycles. The van der Waals surface area contributed by atoms with Gasteiger partial charge in [-0.05, 0) is 6.07 Å². The van der Waals surface area contributed by atoms with Gasteiger partial charge in [0.1, 0.15) is 11.3 Å². The summed E-state index contributed by atoms with van der Waals surface area (Å²) in [6.45, 7) is 5.26. The summed E-state index contributed by atoms with van der Waals surface area (Å²) in [5.41, 5.74) is -0.0365. The Morgan fingerprint density at radius 3 is 2.47 bits per heavy atom. The van der Waals surface area contributed by atoms with Crippen LogP contribution in [0.5, 0.6) is 0 Å². The molecule has 0 saturated heterocycles. The fourth-order valence-electron chi connectivity index (χ4n) is 1.22. The fourth-order valence-corrected chi connectivity index (χ4v) is 1.22. The van der Waals surface area contributed by atoms with E-state index in [2.05, 4.69) is 0 Å². The molecular weight excluding hydrogens is 196 g/mol. The van der Waals surface area contributed by atoms with Gasteiger partial charge in [0.2, 0.25) is 5.78 Å². The first-order chi connectivity index (χ1) is 6.97. The molecule has 1 aromatic heterocycles. The predicted octanol–water partition coefficient (Wildman–Crippen LogP) is 2.38. The lowest BCUT2D eigenvalue weighted by atomic mass is 10.0. The van der Waals surface area contributed by atoms with Crippen LogP contribution in [0.2, 0.25) is 0 Å². The van der Waals surface area contributed by atoms with Gasteiger partial charge in [0, 0.05) is 12.3 Å². The van der Waals surface area contributed by atoms with Crippen molar-refractivity contribution in [2.24, 2.45) is 5.92 Å². The molecule has 0 radical (unpaired) electrons. The summed E-state index contributed by atoms with van der Waals surface area (Å²) in [5.74, 6) is -1.17. The number of Topliss-reactive ketones (excluding diaryl/α,β-unsaturated/α-hetero) is 1. The van der Waals surface area contributed by atoms with Gasteiger partial charge in [-0.25, -0.2) is 4.79 Å². The Hall–Kier alpha value is -1.58. The van der Waals surface area contributed by atoms with E-state index >= 15 is 0 Å². The zero-order valence-electron chi connectivity index (χ0n) is 9.03. The highest BCUT2D eigenvalue weighted by Crippen LogP contribution is 2.19. The summed E-state index contributed by atoms with van der Waals surface area (Å²) in [7, 11) is 0. The van der Waals surface area contributed by atoms with Crippen LogP contribution in [0.15, 0.2) is 10.5 Å². The van der Waals surface area contributed by atoms with Crippen LogP contribution in [0, 0.1) is 5.92 Å². The number of carbonyl (C=O) groups is 2. The van der Waals surface area contributed by atoms with Crippen molar-refractivity contribution in [1.29, 1.82) is 0 Å². The maximum Gasteiger partial charge on any atom is 0.339 e. The molecule has 0 fully saturated rings. The van der Waals surface area contributed by atoms with Crippen molar-refractivity contribution < 1.29 is 19.1 Å². The summed E-state index contributed by atoms with van der Waals surface area (Å²) >= 11 is 0. The summed E-state index contributed by atoms with van der Waals surface area (Å²) in [6, 6.07) is 1.41. The molecule has 82 valence electrons. The number of aromatic carboxylic acids is 1. The molecule has 1 heterocycles. The summed E-state index contributed by atoms with van der Waals surface area (Å²) in [4.78, 5) is 22.5. The van der Waals surface area contributed by atoms with Crippen LogP contribution in [0.4, 0.5) is 0 Å². The lowest BCUT2D eigenvalue weighted by Gasteiger charge is -2.01. The number of carboxylic acid groups (broad SMARTS) is 1. The Balaban J connectivity index is 3.20. The van der Waals surface area contributed by atoms with E-state index in [0.29, 0.717) is 12.2 Å². The topological polar surface area (TPSA) is 67.5 Å². The highest BCUT2D eigenvalue weighted by molar-refractivity contribution is 6.04. The molecule has 0 aromatic carbocycles. The molecule has 1 N–H and O–H groups in total. The normalized spacial score (nSPS) is 10.7. The average molecular weight is 210 g/mol. The summed E-state index contributed by atoms with van der Waals surface area (Å²) < 4.78 is 5.22. The van der Waals surface area contributed by atoms with Crippen LogP contribution in [0.3, 0.4) is 0 Å². The first kappa shape index (κ1) is 11.5. The number of rotatable bonds is 4. The molecular formula is C11H14O4. The van der Waals surface area contributed by atoms with Crippen LogP contribution in [-0.4, -0.2) is 16.9 Å². The smallest absolute Gasteiger partial charge is 0.339 e. The van der Waals surface area contributed by atoms with E-state index in [0.717, 1.165) is 0 Å². The highest BCUT2D eigenvalue weighted by atomic mass is 16.4. The summed E-state index contributed by atoms with van der Waals surface area (Å²) in [5, 5.41) is 8.89. The van der Waals surface area contributed by atoms with Gasteiger partial charge >= 0.3 is 5.97 Å². The second kappa shape index (κ2) is 4.29. The van der Waals surface area contributed by atoms with Crippen LogP contribution >= 0.6 is 0 Å². The first-order valence-corrected chi connectivity index (χ1v) is 4.87. The van der Waals surface area contributed by atoms with Gasteiger partial charge in [0.05, 0.1) is 0 Å². The maximum atomic E-state index is 11.6. The van der Waals surface area contributed by atoms with Crippen LogP contribution in [0.1, 0.15) is 47.4 Å². The van der Waals surface area contributed by atoms with Crippen molar-refractivity contribution in [2.75, 3.05) is 0 Å². The molecule has 0 atom stereocenters. The number of carbonyl (C=O) groups excluding carboxylic acids is 1. The molecule has 4 nitrogen and oxygen atoms in total. The Kier molecular flexibility index (Phi) is 3.29. The lowest BCUT2D eigenvalue weighted by molar-refractivity contribution is 0.0687. The molecule has 0 bridgehead atoms.